The fourth-order valence-electron chi connectivity index (χ4n) is 3.93. The molecule has 4 heteroatoms. The molecule has 1 saturated heterocycles. The Morgan fingerprint density at radius 3 is 2.17 bits per heavy atom. The second kappa shape index (κ2) is 3.86. The van der Waals surface area contributed by atoms with Crippen LogP contribution < -0.4 is 5.32 Å². The van der Waals surface area contributed by atoms with Crippen molar-refractivity contribution in [3.63, 3.8) is 0 Å². The SMILES string of the molecule is CC(C)C12CC(NC(=O)N3CCN(C)CC3)(C1)C2. The van der Waals surface area contributed by atoms with Crippen LogP contribution in [0.25, 0.3) is 0 Å². The average molecular weight is 251 g/mol. The van der Waals surface area contributed by atoms with Gasteiger partial charge >= 0.3 is 6.03 Å². The molecule has 2 bridgehead atoms. The average Bonchev–Trinajstić information content (AvgIpc) is 2.21. The van der Waals surface area contributed by atoms with E-state index < -0.39 is 0 Å². The van der Waals surface area contributed by atoms with Crippen LogP contribution in [0.1, 0.15) is 33.1 Å². The predicted octanol–water partition coefficient (Wildman–Crippen LogP) is 1.52. The molecule has 0 aromatic heterocycles. The lowest BCUT2D eigenvalue weighted by atomic mass is 9.36. The Balaban J connectivity index is 1.49. The van der Waals surface area contributed by atoms with Crippen molar-refractivity contribution in [3.8, 4) is 0 Å². The summed E-state index contributed by atoms with van der Waals surface area (Å²) in [6, 6.07) is 0.167. The number of carbonyl (C=O) groups is 1. The van der Waals surface area contributed by atoms with E-state index in [1.54, 1.807) is 0 Å². The quantitative estimate of drug-likeness (QED) is 0.807. The Kier molecular flexibility index (Phi) is 2.63. The van der Waals surface area contributed by atoms with Crippen molar-refractivity contribution in [3.05, 3.63) is 0 Å². The van der Waals surface area contributed by atoms with Gasteiger partial charge in [-0.2, -0.15) is 0 Å². The van der Waals surface area contributed by atoms with Gasteiger partial charge in [0.25, 0.3) is 0 Å². The van der Waals surface area contributed by atoms with E-state index in [-0.39, 0.29) is 11.6 Å². The molecule has 0 unspecified atom stereocenters. The first kappa shape index (κ1) is 12.3. The van der Waals surface area contributed by atoms with Gasteiger partial charge in [0.15, 0.2) is 0 Å². The number of likely N-dealkylation sites (N-methyl/N-ethyl adjacent to an activating group) is 1. The van der Waals surface area contributed by atoms with Crippen LogP contribution in [0.3, 0.4) is 0 Å². The number of nitrogens with zero attached hydrogens (tertiary/aromatic N) is 2. The maximum atomic E-state index is 12.2. The molecule has 0 atom stereocenters. The molecule has 1 heterocycles. The summed E-state index contributed by atoms with van der Waals surface area (Å²) in [5.74, 6) is 0.764. The van der Waals surface area contributed by atoms with Crippen molar-refractivity contribution in [2.75, 3.05) is 33.2 Å². The smallest absolute Gasteiger partial charge is 0.317 e. The third-order valence-electron chi connectivity index (χ3n) is 5.46. The van der Waals surface area contributed by atoms with Crippen LogP contribution in [-0.2, 0) is 0 Å². The van der Waals surface area contributed by atoms with Gasteiger partial charge in [-0.3, -0.25) is 0 Å². The van der Waals surface area contributed by atoms with Crippen LogP contribution in [0, 0.1) is 11.3 Å². The van der Waals surface area contributed by atoms with E-state index in [2.05, 4.69) is 31.1 Å². The second-order valence-electron chi connectivity index (χ2n) is 7.05. The van der Waals surface area contributed by atoms with Gasteiger partial charge in [-0.05, 0) is 37.6 Å². The molecule has 102 valence electrons. The largest absolute Gasteiger partial charge is 0.332 e. The van der Waals surface area contributed by atoms with Crippen molar-refractivity contribution in [2.24, 2.45) is 11.3 Å². The first-order valence-corrected chi connectivity index (χ1v) is 7.20. The van der Waals surface area contributed by atoms with Gasteiger partial charge in [0, 0.05) is 31.7 Å². The number of amides is 2. The van der Waals surface area contributed by atoms with Crippen molar-refractivity contribution >= 4 is 6.03 Å². The van der Waals surface area contributed by atoms with Crippen LogP contribution >= 0.6 is 0 Å². The molecule has 3 aliphatic carbocycles. The molecule has 0 aromatic carbocycles. The molecule has 2 amide bonds. The zero-order chi connectivity index (χ0) is 13.0. The van der Waals surface area contributed by atoms with Gasteiger partial charge in [-0.15, -0.1) is 0 Å². The first-order chi connectivity index (χ1) is 8.45. The molecule has 0 radical (unpaired) electrons. The summed E-state index contributed by atoms with van der Waals surface area (Å²) in [6.07, 6.45) is 3.62. The first-order valence-electron chi connectivity index (χ1n) is 7.20. The lowest BCUT2D eigenvalue weighted by Crippen LogP contribution is -2.77. The number of nitrogens with one attached hydrogen (secondary N) is 1. The molecule has 18 heavy (non-hydrogen) atoms. The van der Waals surface area contributed by atoms with Crippen molar-refractivity contribution in [2.45, 2.75) is 38.6 Å². The standard InChI is InChI=1S/C14H25N3O/c1-11(2)13-8-14(9-13,10-13)15-12(18)17-6-4-16(3)5-7-17/h11H,4-10H2,1-3H3,(H,15,18). The number of carbonyl (C=O) groups excluding carboxylic acids is 1. The number of hydrogen-bond donors (Lipinski definition) is 1. The summed E-state index contributed by atoms with van der Waals surface area (Å²) in [5, 5.41) is 3.29. The third-order valence-corrected chi connectivity index (χ3v) is 5.46. The van der Waals surface area contributed by atoms with Crippen LogP contribution in [0.15, 0.2) is 0 Å². The predicted molar refractivity (Wildman–Crippen MR) is 71.5 cm³/mol. The summed E-state index contributed by atoms with van der Waals surface area (Å²) in [5.41, 5.74) is 0.736. The van der Waals surface area contributed by atoms with E-state index in [0.29, 0.717) is 5.41 Å². The van der Waals surface area contributed by atoms with Crippen molar-refractivity contribution < 1.29 is 4.79 Å². The Morgan fingerprint density at radius 2 is 1.67 bits per heavy atom. The van der Waals surface area contributed by atoms with E-state index in [4.69, 9.17) is 0 Å². The summed E-state index contributed by atoms with van der Waals surface area (Å²) >= 11 is 0. The van der Waals surface area contributed by atoms with Crippen molar-refractivity contribution in [1.29, 1.82) is 0 Å². The molecule has 1 aliphatic heterocycles. The van der Waals surface area contributed by atoms with Gasteiger partial charge in [0.2, 0.25) is 0 Å². The molecular formula is C14H25N3O. The fourth-order valence-corrected chi connectivity index (χ4v) is 3.93. The lowest BCUT2D eigenvalue weighted by molar-refractivity contribution is -0.177. The van der Waals surface area contributed by atoms with E-state index in [1.807, 2.05) is 4.90 Å². The highest BCUT2D eigenvalue weighted by atomic mass is 16.2. The summed E-state index contributed by atoms with van der Waals surface area (Å²) in [4.78, 5) is 16.5. The minimum atomic E-state index is 0.167. The normalized spacial score (nSPS) is 39.2. The lowest BCUT2D eigenvalue weighted by Gasteiger charge is -2.72. The molecule has 0 spiro atoms. The minimum Gasteiger partial charge on any atom is -0.332 e. The minimum absolute atomic E-state index is 0.167. The highest BCUT2D eigenvalue weighted by Gasteiger charge is 2.69. The summed E-state index contributed by atoms with van der Waals surface area (Å²) in [7, 11) is 2.11. The topological polar surface area (TPSA) is 35.6 Å². The zero-order valence-corrected chi connectivity index (χ0v) is 11.8. The van der Waals surface area contributed by atoms with E-state index in [1.165, 1.54) is 19.3 Å². The van der Waals surface area contributed by atoms with Crippen LogP contribution in [0.4, 0.5) is 4.79 Å². The maximum Gasteiger partial charge on any atom is 0.317 e. The Hall–Kier alpha value is -0.770. The maximum absolute atomic E-state index is 12.2. The Morgan fingerprint density at radius 1 is 1.11 bits per heavy atom. The summed E-state index contributed by atoms with van der Waals surface area (Å²) in [6.45, 7) is 8.35. The second-order valence-corrected chi connectivity index (χ2v) is 7.05. The third kappa shape index (κ3) is 1.73. The van der Waals surface area contributed by atoms with E-state index in [0.717, 1.165) is 32.1 Å². The molecular weight excluding hydrogens is 226 g/mol. The van der Waals surface area contributed by atoms with E-state index >= 15 is 0 Å². The van der Waals surface area contributed by atoms with Gasteiger partial charge in [-0.25, -0.2) is 4.79 Å². The van der Waals surface area contributed by atoms with Gasteiger partial charge in [0.1, 0.15) is 0 Å². The number of piperazine rings is 1. The molecule has 4 nitrogen and oxygen atoms in total. The molecule has 4 rings (SSSR count). The van der Waals surface area contributed by atoms with Crippen LogP contribution in [0.5, 0.6) is 0 Å². The fraction of sp³-hybridized carbons (Fsp3) is 0.929. The van der Waals surface area contributed by atoms with Crippen LogP contribution in [-0.4, -0.2) is 54.6 Å². The van der Waals surface area contributed by atoms with Crippen LogP contribution in [0.2, 0.25) is 0 Å². The highest BCUT2D eigenvalue weighted by Crippen LogP contribution is 2.70. The molecule has 4 aliphatic rings. The number of urea groups is 1. The Labute approximate surface area is 110 Å². The van der Waals surface area contributed by atoms with E-state index in [9.17, 15) is 4.79 Å². The van der Waals surface area contributed by atoms with Gasteiger partial charge in [-0.1, -0.05) is 13.8 Å². The zero-order valence-electron chi connectivity index (χ0n) is 11.8. The highest BCUT2D eigenvalue weighted by molar-refractivity contribution is 5.76. The van der Waals surface area contributed by atoms with Crippen molar-refractivity contribution in [1.82, 2.24) is 15.1 Å². The molecule has 4 fully saturated rings. The molecule has 3 saturated carbocycles. The molecule has 0 aromatic rings. The molecule has 1 N–H and O–H groups in total. The van der Waals surface area contributed by atoms with Gasteiger partial charge < -0.3 is 15.1 Å². The summed E-state index contributed by atoms with van der Waals surface area (Å²) < 4.78 is 0. The number of rotatable bonds is 2. The Bertz CT molecular complexity index is 338. The monoisotopic (exact) mass is 251 g/mol. The number of hydrogen-bond acceptors (Lipinski definition) is 2. The van der Waals surface area contributed by atoms with Gasteiger partial charge in [0.05, 0.1) is 0 Å².